The molecule has 2 fully saturated rings. The van der Waals surface area contributed by atoms with Crippen LogP contribution in [0.1, 0.15) is 19.3 Å². The minimum absolute atomic E-state index is 0. The Morgan fingerprint density at radius 3 is 2.25 bits per heavy atom. The lowest BCUT2D eigenvalue weighted by Gasteiger charge is -1.82. The molecule has 0 aromatic carbocycles. The van der Waals surface area contributed by atoms with Crippen molar-refractivity contribution < 1.29 is 0 Å². The van der Waals surface area contributed by atoms with Gasteiger partial charge < -0.3 is 5.73 Å². The lowest BCUT2D eigenvalue weighted by atomic mass is 10.3. The fraction of sp³-hybridized carbons (Fsp3) is 1.00. The van der Waals surface area contributed by atoms with Crippen molar-refractivity contribution in [3.8, 4) is 0 Å². The highest BCUT2D eigenvalue weighted by Gasteiger charge is 2.61. The Bertz CT molecular complexity index is 98.7. The third-order valence-electron chi connectivity index (χ3n) is 2.54. The van der Waals surface area contributed by atoms with E-state index in [1.165, 1.54) is 19.3 Å². The summed E-state index contributed by atoms with van der Waals surface area (Å²) < 4.78 is 0. The van der Waals surface area contributed by atoms with Crippen LogP contribution in [0.15, 0.2) is 0 Å². The third-order valence-corrected chi connectivity index (χ3v) is 2.54. The maximum atomic E-state index is 5.45. The van der Waals surface area contributed by atoms with E-state index >= 15 is 0 Å². The van der Waals surface area contributed by atoms with Gasteiger partial charge in [-0.15, -0.1) is 12.4 Å². The van der Waals surface area contributed by atoms with Crippen LogP contribution in [-0.2, 0) is 0 Å². The van der Waals surface area contributed by atoms with Crippen LogP contribution in [0.4, 0.5) is 0 Å². The molecule has 0 bridgehead atoms. The van der Waals surface area contributed by atoms with E-state index in [-0.39, 0.29) is 12.4 Å². The van der Waals surface area contributed by atoms with Gasteiger partial charge in [-0.05, 0) is 37.1 Å². The highest BCUT2D eigenvalue weighted by atomic mass is 35.5. The van der Waals surface area contributed by atoms with Gasteiger partial charge in [0, 0.05) is 0 Å². The van der Waals surface area contributed by atoms with Crippen LogP contribution >= 0.6 is 12.4 Å². The van der Waals surface area contributed by atoms with E-state index in [1.54, 1.807) is 0 Å². The summed E-state index contributed by atoms with van der Waals surface area (Å²) in [6.45, 7) is 0.944. The minimum Gasteiger partial charge on any atom is -0.330 e. The number of hydrogen-bond donors (Lipinski definition) is 1. The minimum atomic E-state index is 0. The summed E-state index contributed by atoms with van der Waals surface area (Å²) in [6, 6.07) is 0. The van der Waals surface area contributed by atoms with Gasteiger partial charge in [0.2, 0.25) is 0 Å². The Morgan fingerprint density at radius 1 is 1.50 bits per heavy atom. The highest BCUT2D eigenvalue weighted by Crippen LogP contribution is 2.70. The van der Waals surface area contributed by atoms with Gasteiger partial charge in [0.1, 0.15) is 0 Å². The predicted molar refractivity (Wildman–Crippen MR) is 36.1 cm³/mol. The molecule has 0 radical (unpaired) electrons. The van der Waals surface area contributed by atoms with Crippen molar-refractivity contribution >= 4 is 12.4 Å². The van der Waals surface area contributed by atoms with Crippen LogP contribution in [0, 0.1) is 11.3 Å². The van der Waals surface area contributed by atoms with Crippen LogP contribution in [0.5, 0.6) is 0 Å². The van der Waals surface area contributed by atoms with Crippen molar-refractivity contribution in [1.29, 1.82) is 0 Å². The third kappa shape index (κ3) is 0.652. The molecule has 0 amide bonds. The van der Waals surface area contributed by atoms with Gasteiger partial charge >= 0.3 is 0 Å². The van der Waals surface area contributed by atoms with Crippen molar-refractivity contribution in [2.45, 2.75) is 19.3 Å². The van der Waals surface area contributed by atoms with E-state index in [0.717, 1.165) is 17.9 Å². The van der Waals surface area contributed by atoms with Gasteiger partial charge in [0.15, 0.2) is 0 Å². The van der Waals surface area contributed by atoms with E-state index in [2.05, 4.69) is 0 Å². The normalized spacial score (nSPS) is 36.4. The molecule has 1 unspecified atom stereocenters. The van der Waals surface area contributed by atoms with Gasteiger partial charge in [-0.25, -0.2) is 0 Å². The second-order valence-electron chi connectivity index (χ2n) is 3.00. The molecule has 0 saturated heterocycles. The molecule has 48 valence electrons. The highest BCUT2D eigenvalue weighted by molar-refractivity contribution is 5.85. The first kappa shape index (κ1) is 6.37. The van der Waals surface area contributed by atoms with Gasteiger partial charge in [-0.1, -0.05) is 0 Å². The Balaban J connectivity index is 0.000000320. The molecule has 2 aliphatic carbocycles. The first-order valence-electron chi connectivity index (χ1n) is 3.07. The van der Waals surface area contributed by atoms with Gasteiger partial charge in [-0.3, -0.25) is 0 Å². The van der Waals surface area contributed by atoms with E-state index in [0.29, 0.717) is 0 Å². The lowest BCUT2D eigenvalue weighted by Crippen LogP contribution is -2.01. The molecule has 1 atom stereocenters. The molecule has 2 saturated carbocycles. The van der Waals surface area contributed by atoms with E-state index in [1.807, 2.05) is 0 Å². The number of hydrogen-bond acceptors (Lipinski definition) is 1. The average Bonchev–Trinajstić information content (AvgIpc) is 2.52. The molecule has 2 heteroatoms. The van der Waals surface area contributed by atoms with E-state index < -0.39 is 0 Å². The van der Waals surface area contributed by atoms with Gasteiger partial charge in [0.25, 0.3) is 0 Å². The zero-order valence-corrected chi connectivity index (χ0v) is 5.71. The SMILES string of the molecule is Cl.NCC1CC12CC2. The smallest absolute Gasteiger partial charge is 0.00433 e. The summed E-state index contributed by atoms with van der Waals surface area (Å²) >= 11 is 0. The molecule has 0 aromatic heterocycles. The largest absolute Gasteiger partial charge is 0.330 e. The number of rotatable bonds is 1. The monoisotopic (exact) mass is 133 g/mol. The van der Waals surface area contributed by atoms with Crippen molar-refractivity contribution in [2.75, 3.05) is 6.54 Å². The summed E-state index contributed by atoms with van der Waals surface area (Å²) in [5.41, 5.74) is 6.29. The van der Waals surface area contributed by atoms with Crippen LogP contribution < -0.4 is 5.73 Å². The quantitative estimate of drug-likeness (QED) is 0.571. The van der Waals surface area contributed by atoms with Crippen molar-refractivity contribution in [3.05, 3.63) is 0 Å². The predicted octanol–water partition coefficient (Wildman–Crippen LogP) is 1.17. The van der Waals surface area contributed by atoms with Crippen molar-refractivity contribution in [1.82, 2.24) is 0 Å². The van der Waals surface area contributed by atoms with Crippen LogP contribution in [0.2, 0.25) is 0 Å². The van der Waals surface area contributed by atoms with Gasteiger partial charge in [0.05, 0.1) is 0 Å². The molecule has 2 aliphatic rings. The summed E-state index contributed by atoms with van der Waals surface area (Å²) in [5, 5.41) is 0. The molecule has 1 nitrogen and oxygen atoms in total. The average molecular weight is 134 g/mol. The van der Waals surface area contributed by atoms with Gasteiger partial charge in [-0.2, -0.15) is 0 Å². The molecule has 2 rings (SSSR count). The Kier molecular flexibility index (Phi) is 1.28. The summed E-state index contributed by atoms with van der Waals surface area (Å²) in [4.78, 5) is 0. The van der Waals surface area contributed by atoms with Crippen LogP contribution in [0.3, 0.4) is 0 Å². The molecule has 8 heavy (non-hydrogen) atoms. The maximum absolute atomic E-state index is 5.45. The summed E-state index contributed by atoms with van der Waals surface area (Å²) in [6.07, 6.45) is 4.41. The Morgan fingerprint density at radius 2 is 2.12 bits per heavy atom. The first-order chi connectivity index (χ1) is 3.37. The first-order valence-corrected chi connectivity index (χ1v) is 3.07. The topological polar surface area (TPSA) is 26.0 Å². The Labute approximate surface area is 56.0 Å². The molecule has 0 heterocycles. The zero-order chi connectivity index (χ0) is 4.91. The van der Waals surface area contributed by atoms with Crippen LogP contribution in [-0.4, -0.2) is 6.54 Å². The molecule has 0 aromatic rings. The fourth-order valence-electron chi connectivity index (χ4n) is 1.54. The number of halogens is 1. The second kappa shape index (κ2) is 1.61. The zero-order valence-electron chi connectivity index (χ0n) is 4.89. The maximum Gasteiger partial charge on any atom is -0.00433 e. The van der Waals surface area contributed by atoms with Crippen molar-refractivity contribution in [3.63, 3.8) is 0 Å². The molecular formula is C6H12ClN. The molecule has 0 aliphatic heterocycles. The summed E-state index contributed by atoms with van der Waals surface area (Å²) in [7, 11) is 0. The van der Waals surface area contributed by atoms with Crippen LogP contribution in [0.25, 0.3) is 0 Å². The standard InChI is InChI=1S/C6H11N.ClH/c7-4-5-3-6(5)1-2-6;/h5H,1-4,7H2;1H. The molecule has 1 spiro atoms. The van der Waals surface area contributed by atoms with E-state index in [9.17, 15) is 0 Å². The second-order valence-corrected chi connectivity index (χ2v) is 3.00. The number of nitrogens with two attached hydrogens (primary N) is 1. The molecular weight excluding hydrogens is 122 g/mol. The van der Waals surface area contributed by atoms with Crippen molar-refractivity contribution in [2.24, 2.45) is 17.1 Å². The van der Waals surface area contributed by atoms with E-state index in [4.69, 9.17) is 5.73 Å². The fourth-order valence-corrected chi connectivity index (χ4v) is 1.54. The molecule has 2 N–H and O–H groups in total. The Hall–Kier alpha value is 0.250. The lowest BCUT2D eigenvalue weighted by molar-refractivity contribution is 0.716. The summed E-state index contributed by atoms with van der Waals surface area (Å²) in [5.74, 6) is 0.937.